The van der Waals surface area contributed by atoms with Gasteiger partial charge in [-0.05, 0) is 54.3 Å². The molecule has 0 aliphatic rings. The largest absolute Gasteiger partial charge is 0.295 e. The molecule has 17 heavy (non-hydrogen) atoms. The third-order valence-corrected chi connectivity index (χ3v) is 3.10. The van der Waals surface area contributed by atoms with Gasteiger partial charge in [0.05, 0.1) is 0 Å². The highest BCUT2D eigenvalue weighted by Crippen LogP contribution is 2.26. The van der Waals surface area contributed by atoms with Gasteiger partial charge in [0.1, 0.15) is 0 Å². The van der Waals surface area contributed by atoms with E-state index < -0.39 is 0 Å². The summed E-state index contributed by atoms with van der Waals surface area (Å²) in [5, 5.41) is 2.42. The minimum Gasteiger partial charge on any atom is -0.295 e. The Morgan fingerprint density at radius 2 is 1.88 bits per heavy atom. The Bertz CT molecular complexity index is 606. The molecule has 1 heteroatoms. The highest BCUT2D eigenvalue weighted by Gasteiger charge is 2.04. The van der Waals surface area contributed by atoms with Crippen LogP contribution in [-0.2, 0) is 4.79 Å². The molecule has 0 saturated heterocycles. The second-order valence-electron chi connectivity index (χ2n) is 4.40. The molecule has 0 amide bonds. The predicted molar refractivity (Wildman–Crippen MR) is 73.1 cm³/mol. The lowest BCUT2D eigenvalue weighted by molar-refractivity contribution is -0.112. The van der Waals surface area contributed by atoms with Crippen molar-refractivity contribution in [1.82, 2.24) is 0 Å². The van der Waals surface area contributed by atoms with Crippen LogP contribution in [0.25, 0.3) is 16.8 Å². The van der Waals surface area contributed by atoms with E-state index in [1.165, 1.54) is 21.9 Å². The van der Waals surface area contributed by atoms with Crippen LogP contribution in [0.2, 0.25) is 0 Å². The lowest BCUT2D eigenvalue weighted by Gasteiger charge is -2.09. The van der Waals surface area contributed by atoms with Crippen LogP contribution in [0.5, 0.6) is 0 Å². The Kier molecular flexibility index (Phi) is 3.10. The first-order valence-corrected chi connectivity index (χ1v) is 5.77. The van der Waals surface area contributed by atoms with Crippen LogP contribution in [0.1, 0.15) is 23.6 Å². The van der Waals surface area contributed by atoms with Crippen molar-refractivity contribution in [2.75, 3.05) is 0 Å². The number of fused-ring (bicyclic) bond motifs is 1. The SMILES string of the molecule is CC(=O)/C=C/c1c(C)c(C)cc2ccccc12. The van der Waals surface area contributed by atoms with Crippen LogP contribution in [0.3, 0.4) is 0 Å². The van der Waals surface area contributed by atoms with E-state index in [4.69, 9.17) is 0 Å². The fourth-order valence-corrected chi connectivity index (χ4v) is 2.04. The van der Waals surface area contributed by atoms with Crippen LogP contribution in [0.15, 0.2) is 36.4 Å². The standard InChI is InChI=1S/C16H16O/c1-11-10-14-6-4-5-7-16(14)15(13(11)3)9-8-12(2)17/h4-10H,1-3H3/b9-8+. The number of carbonyl (C=O) groups excluding carboxylic acids is 1. The second kappa shape index (κ2) is 4.54. The topological polar surface area (TPSA) is 17.1 Å². The van der Waals surface area contributed by atoms with Crippen LogP contribution in [-0.4, -0.2) is 5.78 Å². The van der Waals surface area contributed by atoms with E-state index in [0.717, 1.165) is 5.56 Å². The van der Waals surface area contributed by atoms with Crippen molar-refractivity contribution in [3.63, 3.8) is 0 Å². The van der Waals surface area contributed by atoms with Gasteiger partial charge in [-0.25, -0.2) is 0 Å². The van der Waals surface area contributed by atoms with Gasteiger partial charge in [-0.15, -0.1) is 0 Å². The fraction of sp³-hybridized carbons (Fsp3) is 0.188. The Hall–Kier alpha value is -1.89. The Labute approximate surface area is 102 Å². The maximum absolute atomic E-state index is 11.1. The molecule has 0 unspecified atom stereocenters. The van der Waals surface area contributed by atoms with E-state index in [0.29, 0.717) is 0 Å². The maximum Gasteiger partial charge on any atom is 0.152 e. The van der Waals surface area contributed by atoms with Crippen LogP contribution < -0.4 is 0 Å². The smallest absolute Gasteiger partial charge is 0.152 e. The Morgan fingerprint density at radius 1 is 1.18 bits per heavy atom. The molecule has 86 valence electrons. The third kappa shape index (κ3) is 2.28. The number of hydrogen-bond donors (Lipinski definition) is 0. The number of aryl methyl sites for hydroxylation is 1. The lowest BCUT2D eigenvalue weighted by Crippen LogP contribution is -1.90. The zero-order valence-electron chi connectivity index (χ0n) is 10.4. The first-order chi connectivity index (χ1) is 8.09. The average Bonchev–Trinajstić information content (AvgIpc) is 2.29. The Morgan fingerprint density at radius 3 is 2.59 bits per heavy atom. The minimum atomic E-state index is 0.0787. The predicted octanol–water partition coefficient (Wildman–Crippen LogP) is 4.06. The molecular weight excluding hydrogens is 208 g/mol. The first-order valence-electron chi connectivity index (χ1n) is 5.77. The molecule has 0 atom stereocenters. The van der Waals surface area contributed by atoms with E-state index >= 15 is 0 Å². The zero-order chi connectivity index (χ0) is 12.4. The summed E-state index contributed by atoms with van der Waals surface area (Å²) in [6.07, 6.45) is 3.56. The fourth-order valence-electron chi connectivity index (χ4n) is 2.04. The number of allylic oxidation sites excluding steroid dienone is 1. The van der Waals surface area contributed by atoms with Gasteiger partial charge in [0.2, 0.25) is 0 Å². The van der Waals surface area contributed by atoms with E-state index in [-0.39, 0.29) is 5.78 Å². The molecule has 0 fully saturated rings. The van der Waals surface area contributed by atoms with Crippen LogP contribution in [0, 0.1) is 13.8 Å². The van der Waals surface area contributed by atoms with Crippen molar-refractivity contribution >= 4 is 22.6 Å². The molecule has 0 saturated carbocycles. The van der Waals surface area contributed by atoms with Gasteiger partial charge in [0, 0.05) is 0 Å². The summed E-state index contributed by atoms with van der Waals surface area (Å²) in [5.41, 5.74) is 3.64. The van der Waals surface area contributed by atoms with Crippen molar-refractivity contribution in [3.8, 4) is 0 Å². The summed E-state index contributed by atoms with van der Waals surface area (Å²) in [7, 11) is 0. The highest BCUT2D eigenvalue weighted by molar-refractivity contribution is 5.97. The molecule has 2 rings (SSSR count). The number of benzene rings is 2. The van der Waals surface area contributed by atoms with Gasteiger partial charge >= 0.3 is 0 Å². The van der Waals surface area contributed by atoms with Gasteiger partial charge < -0.3 is 0 Å². The van der Waals surface area contributed by atoms with E-state index in [1.807, 2.05) is 18.2 Å². The van der Waals surface area contributed by atoms with Crippen LogP contribution >= 0.6 is 0 Å². The molecule has 0 heterocycles. The van der Waals surface area contributed by atoms with Crippen molar-refractivity contribution in [2.24, 2.45) is 0 Å². The number of carbonyl (C=O) groups is 1. The summed E-state index contributed by atoms with van der Waals surface area (Å²) in [6.45, 7) is 5.78. The van der Waals surface area contributed by atoms with Crippen molar-refractivity contribution in [1.29, 1.82) is 0 Å². The van der Waals surface area contributed by atoms with Crippen LogP contribution in [0.4, 0.5) is 0 Å². The molecule has 0 aliphatic heterocycles. The molecule has 0 aliphatic carbocycles. The molecule has 2 aromatic rings. The van der Waals surface area contributed by atoms with Gasteiger partial charge in [0.25, 0.3) is 0 Å². The quantitative estimate of drug-likeness (QED) is 0.703. The van der Waals surface area contributed by atoms with E-state index in [1.54, 1.807) is 13.0 Å². The molecule has 2 aromatic carbocycles. The molecular formula is C16H16O. The molecule has 0 radical (unpaired) electrons. The summed E-state index contributed by atoms with van der Waals surface area (Å²) < 4.78 is 0. The molecule has 0 bridgehead atoms. The van der Waals surface area contributed by atoms with Crippen molar-refractivity contribution < 1.29 is 4.79 Å². The maximum atomic E-state index is 11.1. The number of hydrogen-bond acceptors (Lipinski definition) is 1. The molecule has 0 N–H and O–H groups in total. The first kappa shape index (κ1) is 11.6. The minimum absolute atomic E-state index is 0.0787. The van der Waals surface area contributed by atoms with Crippen molar-refractivity contribution in [2.45, 2.75) is 20.8 Å². The zero-order valence-corrected chi connectivity index (χ0v) is 10.4. The van der Waals surface area contributed by atoms with Gasteiger partial charge in [-0.3, -0.25) is 4.79 Å². The molecule has 0 spiro atoms. The summed E-state index contributed by atoms with van der Waals surface area (Å²) >= 11 is 0. The summed E-state index contributed by atoms with van der Waals surface area (Å²) in [6, 6.07) is 10.5. The normalized spacial score (nSPS) is 11.2. The molecule has 0 aromatic heterocycles. The average molecular weight is 224 g/mol. The van der Waals surface area contributed by atoms with E-state index in [9.17, 15) is 4.79 Å². The number of rotatable bonds is 2. The van der Waals surface area contributed by atoms with Gasteiger partial charge in [0.15, 0.2) is 5.78 Å². The second-order valence-corrected chi connectivity index (χ2v) is 4.40. The van der Waals surface area contributed by atoms with E-state index in [2.05, 4.69) is 32.0 Å². The summed E-state index contributed by atoms with van der Waals surface area (Å²) in [5.74, 6) is 0.0787. The van der Waals surface area contributed by atoms with Crippen molar-refractivity contribution in [3.05, 3.63) is 53.1 Å². The van der Waals surface area contributed by atoms with Gasteiger partial charge in [-0.2, -0.15) is 0 Å². The lowest BCUT2D eigenvalue weighted by atomic mass is 9.95. The Balaban J connectivity index is 2.74. The number of ketones is 1. The van der Waals surface area contributed by atoms with Gasteiger partial charge in [-0.1, -0.05) is 36.4 Å². The third-order valence-electron chi connectivity index (χ3n) is 3.10. The molecule has 1 nitrogen and oxygen atoms in total. The highest BCUT2D eigenvalue weighted by atomic mass is 16.1. The monoisotopic (exact) mass is 224 g/mol. The summed E-state index contributed by atoms with van der Waals surface area (Å²) in [4.78, 5) is 11.1.